The first-order valence-electron chi connectivity index (χ1n) is 4.63. The van der Waals surface area contributed by atoms with E-state index < -0.39 is 34.7 Å². The number of hydrogen-bond acceptors (Lipinski definition) is 2. The van der Waals surface area contributed by atoms with Crippen molar-refractivity contribution in [3.05, 3.63) is 21.6 Å². The highest BCUT2D eigenvalue weighted by Crippen LogP contribution is 2.41. The van der Waals surface area contributed by atoms with E-state index >= 15 is 0 Å². The van der Waals surface area contributed by atoms with Crippen LogP contribution >= 0.6 is 11.3 Å². The maximum Gasteiger partial charge on any atom is 0.425 e. The van der Waals surface area contributed by atoms with Gasteiger partial charge in [-0.15, -0.1) is 11.3 Å². The molecule has 7 heteroatoms. The molecule has 0 spiro atoms. The molecule has 1 N–H and O–H groups in total. The van der Waals surface area contributed by atoms with E-state index in [1.54, 1.807) is 0 Å². The molecule has 0 saturated carbocycles. The van der Waals surface area contributed by atoms with Gasteiger partial charge in [0.2, 0.25) is 0 Å². The standard InChI is InChI=1S/C10H10F4O2S/c1-9(2,4-7(15)16)8-5(11)3-6(17-8)10(12,13)14/h3H,4H2,1-2H3,(H,15,16). The van der Waals surface area contributed by atoms with Crippen molar-refractivity contribution < 1.29 is 27.5 Å². The first-order chi connectivity index (χ1) is 7.54. The molecule has 1 aromatic rings. The Bertz CT molecular complexity index is 434. The Balaban J connectivity index is 3.15. The highest BCUT2D eigenvalue weighted by atomic mass is 32.1. The Labute approximate surface area is 98.9 Å². The number of hydrogen-bond donors (Lipinski definition) is 1. The SMILES string of the molecule is CC(C)(CC(=O)O)c1sc(C(F)(F)F)cc1F. The zero-order valence-corrected chi connectivity index (χ0v) is 9.88. The van der Waals surface area contributed by atoms with Gasteiger partial charge in [0.15, 0.2) is 0 Å². The third-order valence-electron chi connectivity index (χ3n) is 2.17. The fraction of sp³-hybridized carbons (Fsp3) is 0.500. The second kappa shape index (κ2) is 4.29. The zero-order chi connectivity index (χ0) is 13.4. The molecule has 17 heavy (non-hydrogen) atoms. The minimum absolute atomic E-state index is 0.188. The molecule has 0 radical (unpaired) electrons. The second-order valence-corrected chi connectivity index (χ2v) is 5.29. The van der Waals surface area contributed by atoms with E-state index in [1.165, 1.54) is 13.8 Å². The number of carbonyl (C=O) groups is 1. The monoisotopic (exact) mass is 270 g/mol. The highest BCUT2D eigenvalue weighted by molar-refractivity contribution is 7.12. The largest absolute Gasteiger partial charge is 0.481 e. The molecule has 0 bridgehead atoms. The fourth-order valence-electron chi connectivity index (χ4n) is 1.43. The topological polar surface area (TPSA) is 37.3 Å². The summed E-state index contributed by atoms with van der Waals surface area (Å²) in [4.78, 5) is 9.32. The van der Waals surface area contributed by atoms with Crippen molar-refractivity contribution in [1.29, 1.82) is 0 Å². The summed E-state index contributed by atoms with van der Waals surface area (Å²) >= 11 is 0.252. The minimum atomic E-state index is -4.61. The first-order valence-corrected chi connectivity index (χ1v) is 5.44. The van der Waals surface area contributed by atoms with E-state index in [2.05, 4.69) is 0 Å². The molecule has 0 aromatic carbocycles. The van der Waals surface area contributed by atoms with E-state index in [4.69, 9.17) is 5.11 Å². The number of alkyl halides is 3. The summed E-state index contributed by atoms with van der Waals surface area (Å²) < 4.78 is 50.5. The van der Waals surface area contributed by atoms with Gasteiger partial charge in [0.1, 0.15) is 10.7 Å². The lowest BCUT2D eigenvalue weighted by atomic mass is 9.87. The Morgan fingerprint density at radius 2 is 1.94 bits per heavy atom. The van der Waals surface area contributed by atoms with Crippen LogP contribution in [0, 0.1) is 5.82 Å². The van der Waals surface area contributed by atoms with Crippen molar-refractivity contribution in [3.63, 3.8) is 0 Å². The first kappa shape index (κ1) is 14.0. The molecule has 0 aliphatic rings. The minimum Gasteiger partial charge on any atom is -0.481 e. The molecule has 0 saturated heterocycles. The molecule has 0 aliphatic carbocycles. The lowest BCUT2D eigenvalue weighted by molar-refractivity contribution is -0.138. The van der Waals surface area contributed by atoms with Gasteiger partial charge < -0.3 is 5.11 Å². The van der Waals surface area contributed by atoms with Crippen LogP contribution in [0.15, 0.2) is 6.07 Å². The van der Waals surface area contributed by atoms with Crippen LogP contribution in [-0.2, 0) is 16.4 Å². The van der Waals surface area contributed by atoms with Gasteiger partial charge in [-0.05, 0) is 6.07 Å². The van der Waals surface area contributed by atoms with Crippen LogP contribution < -0.4 is 0 Å². The van der Waals surface area contributed by atoms with Crippen LogP contribution in [-0.4, -0.2) is 11.1 Å². The lowest BCUT2D eigenvalue weighted by Crippen LogP contribution is -2.21. The molecule has 2 nitrogen and oxygen atoms in total. The van der Waals surface area contributed by atoms with Crippen LogP contribution in [0.5, 0.6) is 0 Å². The highest BCUT2D eigenvalue weighted by Gasteiger charge is 2.37. The summed E-state index contributed by atoms with van der Waals surface area (Å²) in [5, 5.41) is 8.63. The molecule has 1 heterocycles. The predicted molar refractivity (Wildman–Crippen MR) is 54.6 cm³/mol. The van der Waals surface area contributed by atoms with Gasteiger partial charge in [-0.3, -0.25) is 4.79 Å². The van der Waals surface area contributed by atoms with E-state index in [9.17, 15) is 22.4 Å². The van der Waals surface area contributed by atoms with Crippen LogP contribution in [0.2, 0.25) is 0 Å². The van der Waals surface area contributed by atoms with E-state index in [1.807, 2.05) is 0 Å². The summed E-state index contributed by atoms with van der Waals surface area (Å²) in [7, 11) is 0. The van der Waals surface area contributed by atoms with Gasteiger partial charge in [-0.2, -0.15) is 13.2 Å². The van der Waals surface area contributed by atoms with Gasteiger partial charge >= 0.3 is 12.1 Å². The predicted octanol–water partition coefficient (Wildman–Crippen LogP) is 3.66. The summed E-state index contributed by atoms with van der Waals surface area (Å²) in [5.74, 6) is -2.19. The molecule has 0 aliphatic heterocycles. The molecule has 0 fully saturated rings. The average Bonchev–Trinajstić information content (AvgIpc) is 2.44. The number of aliphatic carboxylic acids is 1. The van der Waals surface area contributed by atoms with E-state index in [0.29, 0.717) is 6.07 Å². The fourth-order valence-corrected chi connectivity index (χ4v) is 2.43. The van der Waals surface area contributed by atoms with Gasteiger partial charge in [0, 0.05) is 10.3 Å². The molecular formula is C10H10F4O2S. The number of rotatable bonds is 3. The number of carboxylic acid groups (broad SMARTS) is 1. The average molecular weight is 270 g/mol. The maximum absolute atomic E-state index is 13.4. The molecular weight excluding hydrogens is 260 g/mol. The molecule has 1 rings (SSSR count). The second-order valence-electron chi connectivity index (χ2n) is 4.24. The third kappa shape index (κ3) is 3.18. The van der Waals surface area contributed by atoms with Crippen molar-refractivity contribution in [3.8, 4) is 0 Å². The van der Waals surface area contributed by atoms with Crippen LogP contribution in [0.4, 0.5) is 17.6 Å². The van der Waals surface area contributed by atoms with Gasteiger partial charge in [-0.25, -0.2) is 4.39 Å². The molecule has 96 valence electrons. The van der Waals surface area contributed by atoms with Crippen molar-refractivity contribution in [2.45, 2.75) is 31.9 Å². The van der Waals surface area contributed by atoms with Crippen molar-refractivity contribution in [2.24, 2.45) is 0 Å². The van der Waals surface area contributed by atoms with E-state index in [-0.39, 0.29) is 16.2 Å². The summed E-state index contributed by atoms with van der Waals surface area (Å²) in [6, 6.07) is 0.406. The van der Waals surface area contributed by atoms with Gasteiger partial charge in [-0.1, -0.05) is 13.8 Å². The molecule has 0 atom stereocenters. The quantitative estimate of drug-likeness (QED) is 0.851. The Morgan fingerprint density at radius 1 is 1.41 bits per heavy atom. The number of thiophene rings is 1. The Hall–Kier alpha value is -1.11. The van der Waals surface area contributed by atoms with Gasteiger partial charge in [0.25, 0.3) is 0 Å². The van der Waals surface area contributed by atoms with Gasteiger partial charge in [0.05, 0.1) is 6.42 Å². The third-order valence-corrected chi connectivity index (χ3v) is 3.69. The smallest absolute Gasteiger partial charge is 0.425 e. The maximum atomic E-state index is 13.4. The van der Waals surface area contributed by atoms with Crippen molar-refractivity contribution in [2.75, 3.05) is 0 Å². The summed E-state index contributed by atoms with van der Waals surface area (Å²) in [5.41, 5.74) is -1.16. The van der Waals surface area contributed by atoms with E-state index in [0.717, 1.165) is 0 Å². The number of halogens is 4. The Morgan fingerprint density at radius 3 is 2.29 bits per heavy atom. The summed E-state index contributed by atoms with van der Waals surface area (Å²) in [6.07, 6.45) is -5.04. The van der Waals surface area contributed by atoms with Crippen molar-refractivity contribution >= 4 is 17.3 Å². The molecule has 0 amide bonds. The normalized spacial score (nSPS) is 12.8. The molecule has 0 unspecified atom stereocenters. The van der Waals surface area contributed by atoms with Crippen LogP contribution in [0.1, 0.15) is 30.0 Å². The molecule has 1 aromatic heterocycles. The van der Waals surface area contributed by atoms with Crippen LogP contribution in [0.25, 0.3) is 0 Å². The zero-order valence-electron chi connectivity index (χ0n) is 9.06. The lowest BCUT2D eigenvalue weighted by Gasteiger charge is -2.20. The summed E-state index contributed by atoms with van der Waals surface area (Å²) in [6.45, 7) is 2.80. The van der Waals surface area contributed by atoms with Crippen molar-refractivity contribution in [1.82, 2.24) is 0 Å². The van der Waals surface area contributed by atoms with Crippen LogP contribution in [0.3, 0.4) is 0 Å². The Kier molecular flexibility index (Phi) is 3.52. The number of carboxylic acids is 1.